The van der Waals surface area contributed by atoms with Crippen molar-refractivity contribution in [2.75, 3.05) is 17.7 Å². The van der Waals surface area contributed by atoms with Crippen LogP contribution in [0.4, 0.5) is 11.4 Å². The van der Waals surface area contributed by atoms with Crippen LogP contribution >= 0.6 is 0 Å². The molecule has 5 aromatic rings. The summed E-state index contributed by atoms with van der Waals surface area (Å²) in [6, 6.07) is 21.8. The van der Waals surface area contributed by atoms with Crippen LogP contribution in [0.2, 0.25) is 0 Å². The van der Waals surface area contributed by atoms with Gasteiger partial charge in [-0.05, 0) is 42.5 Å². The molecular weight excluding hydrogens is 446 g/mol. The highest BCUT2D eigenvalue weighted by molar-refractivity contribution is 6.07. The monoisotopic (exact) mass is 467 g/mol. The van der Waals surface area contributed by atoms with E-state index in [2.05, 4.69) is 20.9 Å². The van der Waals surface area contributed by atoms with Gasteiger partial charge in [0.1, 0.15) is 17.8 Å². The summed E-state index contributed by atoms with van der Waals surface area (Å²) < 4.78 is 12.1. The van der Waals surface area contributed by atoms with Crippen LogP contribution in [0.3, 0.4) is 0 Å². The Morgan fingerprint density at radius 1 is 0.971 bits per heavy atom. The van der Waals surface area contributed by atoms with Crippen molar-refractivity contribution in [3.05, 3.63) is 90.8 Å². The number of rotatable bonds is 7. The number of ether oxygens (including phenoxy) is 1. The van der Waals surface area contributed by atoms with Crippen molar-refractivity contribution in [3.63, 3.8) is 0 Å². The molecule has 5 rings (SSSR count). The van der Waals surface area contributed by atoms with Crippen molar-refractivity contribution in [3.8, 4) is 17.1 Å². The molecule has 2 aromatic heterocycles. The van der Waals surface area contributed by atoms with Gasteiger partial charge in [0.2, 0.25) is 5.91 Å². The summed E-state index contributed by atoms with van der Waals surface area (Å²) in [6.45, 7) is -0.00498. The Kier molecular flexibility index (Phi) is 5.96. The van der Waals surface area contributed by atoms with Crippen LogP contribution in [-0.4, -0.2) is 33.9 Å². The first-order chi connectivity index (χ1) is 17.1. The topological polar surface area (TPSA) is 111 Å². The summed E-state index contributed by atoms with van der Waals surface area (Å²) in [4.78, 5) is 25.2. The zero-order valence-corrected chi connectivity index (χ0v) is 18.8. The number of nitrogens with one attached hydrogen (secondary N) is 2. The molecule has 0 unspecified atom stereocenters. The molecule has 0 radical (unpaired) electrons. The first-order valence-corrected chi connectivity index (χ1v) is 10.8. The fraction of sp³-hybridized carbons (Fsp3) is 0.0769. The van der Waals surface area contributed by atoms with Gasteiger partial charge in [0, 0.05) is 23.0 Å². The third-order valence-corrected chi connectivity index (χ3v) is 5.35. The number of hydrogen-bond acceptors (Lipinski definition) is 6. The SMILES string of the molecule is COc1ccc(NC(=O)Cn2cc(NC(=O)c3ccc4noc(-c5ccccc5)c4c3)cn2)cc1. The number of carbonyl (C=O) groups excluding carboxylic acids is 2. The molecule has 2 heterocycles. The predicted octanol–water partition coefficient (Wildman–Crippen LogP) is 4.59. The lowest BCUT2D eigenvalue weighted by molar-refractivity contribution is -0.116. The van der Waals surface area contributed by atoms with Crippen molar-refractivity contribution >= 4 is 34.1 Å². The lowest BCUT2D eigenvalue weighted by Crippen LogP contribution is -2.19. The van der Waals surface area contributed by atoms with Gasteiger partial charge in [-0.3, -0.25) is 14.3 Å². The quantitative estimate of drug-likeness (QED) is 0.362. The minimum Gasteiger partial charge on any atom is -0.497 e. The van der Waals surface area contributed by atoms with Crippen LogP contribution in [0.25, 0.3) is 22.2 Å². The Hall–Kier alpha value is -4.92. The maximum Gasteiger partial charge on any atom is 0.255 e. The normalized spacial score (nSPS) is 10.8. The third-order valence-electron chi connectivity index (χ3n) is 5.35. The summed E-state index contributed by atoms with van der Waals surface area (Å²) in [5.74, 6) is 0.748. The molecule has 0 spiro atoms. The fourth-order valence-electron chi connectivity index (χ4n) is 3.62. The molecule has 0 saturated heterocycles. The molecule has 0 bridgehead atoms. The van der Waals surface area contributed by atoms with E-state index in [4.69, 9.17) is 9.26 Å². The Morgan fingerprint density at radius 3 is 2.54 bits per heavy atom. The summed E-state index contributed by atoms with van der Waals surface area (Å²) in [5.41, 5.74) is 3.11. The van der Waals surface area contributed by atoms with Gasteiger partial charge in [-0.15, -0.1) is 0 Å². The number of carbonyl (C=O) groups is 2. The van der Waals surface area contributed by atoms with Gasteiger partial charge >= 0.3 is 0 Å². The van der Waals surface area contributed by atoms with Crippen molar-refractivity contribution in [2.45, 2.75) is 6.54 Å². The smallest absolute Gasteiger partial charge is 0.255 e. The zero-order chi connectivity index (χ0) is 24.2. The van der Waals surface area contributed by atoms with Crippen LogP contribution in [0.15, 0.2) is 89.7 Å². The van der Waals surface area contributed by atoms with Crippen LogP contribution in [0.1, 0.15) is 10.4 Å². The van der Waals surface area contributed by atoms with Crippen LogP contribution in [0.5, 0.6) is 5.75 Å². The third kappa shape index (κ3) is 4.88. The van der Waals surface area contributed by atoms with E-state index in [9.17, 15) is 9.59 Å². The Bertz CT molecular complexity index is 1490. The van der Waals surface area contributed by atoms with Gasteiger partial charge < -0.3 is 19.9 Å². The largest absolute Gasteiger partial charge is 0.497 e. The average molecular weight is 467 g/mol. The van der Waals surface area contributed by atoms with Gasteiger partial charge in [0.15, 0.2) is 5.76 Å². The van der Waals surface area contributed by atoms with E-state index in [1.54, 1.807) is 55.8 Å². The van der Waals surface area contributed by atoms with Gasteiger partial charge in [-0.1, -0.05) is 35.5 Å². The van der Waals surface area contributed by atoms with Crippen LogP contribution < -0.4 is 15.4 Å². The minimum absolute atomic E-state index is 0.00498. The molecule has 9 heteroatoms. The second-order valence-electron chi connectivity index (χ2n) is 7.77. The summed E-state index contributed by atoms with van der Waals surface area (Å²) in [7, 11) is 1.58. The standard InChI is InChI=1S/C26H21N5O4/c1-34-21-10-8-19(9-11-21)28-24(32)16-31-15-20(14-27-31)29-26(33)18-7-12-23-22(13-18)25(35-30-23)17-5-3-2-4-6-17/h2-15H,16H2,1H3,(H,28,32)(H,29,33). The molecule has 0 atom stereocenters. The molecule has 0 aliphatic heterocycles. The van der Waals surface area contributed by atoms with Gasteiger partial charge in [-0.2, -0.15) is 5.10 Å². The van der Waals surface area contributed by atoms with Gasteiger partial charge in [0.05, 0.1) is 24.4 Å². The molecule has 0 saturated carbocycles. The molecule has 0 aliphatic rings. The van der Waals surface area contributed by atoms with Gasteiger partial charge in [-0.25, -0.2) is 0 Å². The van der Waals surface area contributed by atoms with Gasteiger partial charge in [0.25, 0.3) is 5.91 Å². The molecule has 9 nitrogen and oxygen atoms in total. The highest BCUT2D eigenvalue weighted by atomic mass is 16.5. The Balaban J connectivity index is 1.25. The second-order valence-corrected chi connectivity index (χ2v) is 7.77. The molecule has 2 N–H and O–H groups in total. The lowest BCUT2D eigenvalue weighted by atomic mass is 10.1. The Morgan fingerprint density at radius 2 is 1.77 bits per heavy atom. The number of aromatic nitrogens is 3. The number of methoxy groups -OCH3 is 1. The van der Waals surface area contributed by atoms with Crippen molar-refractivity contribution in [2.24, 2.45) is 0 Å². The highest BCUT2D eigenvalue weighted by Crippen LogP contribution is 2.29. The number of anilines is 2. The number of hydrogen-bond donors (Lipinski definition) is 2. The highest BCUT2D eigenvalue weighted by Gasteiger charge is 2.15. The van der Waals surface area contributed by atoms with E-state index >= 15 is 0 Å². The minimum atomic E-state index is -0.311. The first-order valence-electron chi connectivity index (χ1n) is 10.8. The molecule has 2 amide bonds. The number of nitrogens with zero attached hydrogens (tertiary/aromatic N) is 3. The second kappa shape index (κ2) is 9.52. The number of fused-ring (bicyclic) bond motifs is 1. The maximum atomic E-state index is 12.9. The summed E-state index contributed by atoms with van der Waals surface area (Å²) >= 11 is 0. The van der Waals surface area contributed by atoms with E-state index < -0.39 is 0 Å². The van der Waals surface area contributed by atoms with E-state index in [0.717, 1.165) is 10.9 Å². The van der Waals surface area contributed by atoms with E-state index in [1.165, 1.54) is 10.9 Å². The molecule has 3 aromatic carbocycles. The maximum absolute atomic E-state index is 12.9. The van der Waals surface area contributed by atoms with Crippen LogP contribution in [0, 0.1) is 0 Å². The Labute approximate surface area is 200 Å². The first kappa shape index (κ1) is 21.9. The van der Waals surface area contributed by atoms with Crippen molar-refractivity contribution in [1.29, 1.82) is 0 Å². The molecule has 0 fully saturated rings. The zero-order valence-electron chi connectivity index (χ0n) is 18.8. The van der Waals surface area contributed by atoms with Crippen molar-refractivity contribution < 1.29 is 18.8 Å². The number of amides is 2. The van der Waals surface area contributed by atoms with Crippen molar-refractivity contribution in [1.82, 2.24) is 14.9 Å². The van der Waals surface area contributed by atoms with E-state index in [1.807, 2.05) is 30.3 Å². The molecule has 0 aliphatic carbocycles. The summed E-state index contributed by atoms with van der Waals surface area (Å²) in [6.07, 6.45) is 3.09. The van der Waals surface area contributed by atoms with Crippen LogP contribution in [-0.2, 0) is 11.3 Å². The average Bonchev–Trinajstić information content (AvgIpc) is 3.51. The molecule has 174 valence electrons. The van der Waals surface area contributed by atoms with E-state index in [0.29, 0.717) is 34.0 Å². The molecule has 35 heavy (non-hydrogen) atoms. The predicted molar refractivity (Wildman–Crippen MR) is 131 cm³/mol. The lowest BCUT2D eigenvalue weighted by Gasteiger charge is -2.06. The summed E-state index contributed by atoms with van der Waals surface area (Å²) in [5, 5.41) is 14.6. The fourth-order valence-corrected chi connectivity index (χ4v) is 3.62. The number of benzene rings is 3. The van der Waals surface area contributed by atoms with E-state index in [-0.39, 0.29) is 18.4 Å². The molecular formula is C26H21N5O4.